The second-order valence-corrected chi connectivity index (χ2v) is 10.5. The molecule has 7 nitrogen and oxygen atoms in total. The summed E-state index contributed by atoms with van der Waals surface area (Å²) in [7, 11) is -3.30. The number of nitrogens with zero attached hydrogens (tertiary/aromatic N) is 3. The topological polar surface area (TPSA) is 79.8 Å². The number of ether oxygens (including phenoxy) is 1. The van der Waals surface area contributed by atoms with Gasteiger partial charge in [0, 0.05) is 19.7 Å². The monoisotopic (exact) mass is 423 g/mol. The number of anilines is 1. The molecule has 2 aliphatic heterocycles. The van der Waals surface area contributed by atoms with E-state index in [1.54, 1.807) is 4.90 Å². The Morgan fingerprint density at radius 2 is 2.14 bits per heavy atom. The van der Waals surface area contributed by atoms with Gasteiger partial charge in [0.2, 0.25) is 15.9 Å². The van der Waals surface area contributed by atoms with Crippen LogP contribution in [0, 0.1) is 5.92 Å². The molecule has 2 aliphatic rings. The molecule has 0 saturated carbocycles. The van der Waals surface area contributed by atoms with E-state index < -0.39 is 10.0 Å². The molecule has 0 bridgehead atoms. The number of piperidine rings is 1. The fourth-order valence-corrected chi connectivity index (χ4v) is 5.79. The Morgan fingerprint density at radius 3 is 2.86 bits per heavy atom. The quantitative estimate of drug-likeness (QED) is 0.738. The Hall–Kier alpha value is -1.55. The number of para-hydroxylation sites is 1. The van der Waals surface area contributed by atoms with Crippen molar-refractivity contribution >= 4 is 42.6 Å². The summed E-state index contributed by atoms with van der Waals surface area (Å²) in [5, 5.41) is 0.665. The third-order valence-corrected chi connectivity index (χ3v) is 7.72. The highest BCUT2D eigenvalue weighted by molar-refractivity contribution is 7.88. The highest BCUT2D eigenvalue weighted by Gasteiger charge is 2.35. The van der Waals surface area contributed by atoms with Crippen LogP contribution in [-0.2, 0) is 19.6 Å². The van der Waals surface area contributed by atoms with E-state index in [1.165, 1.54) is 21.9 Å². The third kappa shape index (κ3) is 4.22. The number of carbonyl (C=O) groups is 1. The largest absolute Gasteiger partial charge is 0.376 e. The molecule has 1 aromatic carbocycles. The van der Waals surface area contributed by atoms with Crippen LogP contribution in [0.2, 0.25) is 0 Å². The highest BCUT2D eigenvalue weighted by Crippen LogP contribution is 2.32. The van der Waals surface area contributed by atoms with E-state index in [1.807, 2.05) is 24.3 Å². The van der Waals surface area contributed by atoms with Crippen LogP contribution in [0.4, 0.5) is 5.13 Å². The van der Waals surface area contributed by atoms with E-state index in [-0.39, 0.29) is 24.5 Å². The molecule has 0 radical (unpaired) electrons. The highest BCUT2D eigenvalue weighted by atomic mass is 32.2. The molecule has 1 aromatic heterocycles. The van der Waals surface area contributed by atoms with E-state index in [2.05, 4.69) is 4.98 Å². The van der Waals surface area contributed by atoms with Gasteiger partial charge in [0.25, 0.3) is 0 Å². The van der Waals surface area contributed by atoms with Gasteiger partial charge >= 0.3 is 0 Å². The Kier molecular flexibility index (Phi) is 5.69. The number of aromatic nitrogens is 1. The molecule has 2 atom stereocenters. The lowest BCUT2D eigenvalue weighted by Gasteiger charge is -2.33. The summed E-state index contributed by atoms with van der Waals surface area (Å²) in [6, 6.07) is 7.83. The van der Waals surface area contributed by atoms with Crippen LogP contribution >= 0.6 is 11.3 Å². The van der Waals surface area contributed by atoms with Gasteiger partial charge in [-0.3, -0.25) is 9.69 Å². The Labute approximate surface area is 169 Å². The number of hydrogen-bond acceptors (Lipinski definition) is 6. The first-order valence-electron chi connectivity index (χ1n) is 9.65. The predicted octanol–water partition coefficient (Wildman–Crippen LogP) is 2.48. The lowest BCUT2D eigenvalue weighted by atomic mass is 9.98. The molecule has 0 unspecified atom stereocenters. The molecule has 152 valence electrons. The Morgan fingerprint density at radius 1 is 1.32 bits per heavy atom. The summed E-state index contributed by atoms with van der Waals surface area (Å²) in [5.74, 6) is -0.403. The van der Waals surface area contributed by atoms with Crippen molar-refractivity contribution in [3.8, 4) is 0 Å². The normalized spacial score (nSPS) is 23.9. The lowest BCUT2D eigenvalue weighted by Crippen LogP contribution is -2.48. The number of carbonyl (C=O) groups excluding carboxylic acids is 1. The molecule has 4 rings (SSSR count). The van der Waals surface area contributed by atoms with Crippen LogP contribution in [0.25, 0.3) is 10.2 Å². The van der Waals surface area contributed by atoms with Crippen LogP contribution in [0.3, 0.4) is 0 Å². The van der Waals surface area contributed by atoms with Gasteiger partial charge < -0.3 is 4.74 Å². The standard InChI is InChI=1S/C19H25N3O4S2/c1-28(24,25)21-10-4-6-14(12-21)18(23)22(13-15-7-5-11-26-15)19-20-16-8-2-3-9-17(16)27-19/h2-3,8-9,14-15H,4-7,10-13H2,1H3/t14-,15+/m1/s1. The van der Waals surface area contributed by atoms with Crippen molar-refractivity contribution in [1.29, 1.82) is 0 Å². The number of hydrogen-bond donors (Lipinski definition) is 0. The SMILES string of the molecule is CS(=O)(=O)N1CCC[C@@H](C(=O)N(C[C@@H]2CCCO2)c2nc3ccccc3s2)C1. The minimum absolute atomic E-state index is 0.00515. The van der Waals surface area contributed by atoms with Gasteiger partial charge in [0.05, 0.1) is 35.0 Å². The van der Waals surface area contributed by atoms with Crippen molar-refractivity contribution in [2.75, 3.05) is 37.4 Å². The summed E-state index contributed by atoms with van der Waals surface area (Å²) < 4.78 is 32.1. The summed E-state index contributed by atoms with van der Waals surface area (Å²) >= 11 is 1.49. The van der Waals surface area contributed by atoms with Crippen molar-refractivity contribution in [2.24, 2.45) is 5.92 Å². The zero-order valence-corrected chi connectivity index (χ0v) is 17.5. The summed E-state index contributed by atoms with van der Waals surface area (Å²) in [4.78, 5) is 19.9. The third-order valence-electron chi connectivity index (χ3n) is 5.39. The van der Waals surface area contributed by atoms with Crippen LogP contribution in [-0.4, -0.2) is 62.2 Å². The predicted molar refractivity (Wildman–Crippen MR) is 110 cm³/mol. The number of amides is 1. The zero-order chi connectivity index (χ0) is 19.7. The van der Waals surface area contributed by atoms with Gasteiger partial charge in [-0.2, -0.15) is 0 Å². The number of rotatable bonds is 5. The molecular formula is C19H25N3O4S2. The molecule has 0 N–H and O–H groups in total. The summed E-state index contributed by atoms with van der Waals surface area (Å²) in [6.45, 7) is 1.91. The average molecular weight is 424 g/mol. The molecule has 0 spiro atoms. The van der Waals surface area contributed by atoms with E-state index >= 15 is 0 Å². The number of benzene rings is 1. The average Bonchev–Trinajstić information content (AvgIpc) is 3.34. The number of sulfonamides is 1. The second kappa shape index (κ2) is 8.06. The summed E-state index contributed by atoms with van der Waals surface area (Å²) in [5.41, 5.74) is 0.869. The molecule has 9 heteroatoms. The van der Waals surface area contributed by atoms with Crippen molar-refractivity contribution < 1.29 is 17.9 Å². The van der Waals surface area contributed by atoms with Gasteiger partial charge in [-0.25, -0.2) is 17.7 Å². The van der Waals surface area contributed by atoms with Crippen molar-refractivity contribution in [3.05, 3.63) is 24.3 Å². The van der Waals surface area contributed by atoms with Gasteiger partial charge in [-0.05, 0) is 37.8 Å². The van der Waals surface area contributed by atoms with Crippen LogP contribution in [0.15, 0.2) is 24.3 Å². The molecule has 28 heavy (non-hydrogen) atoms. The first-order chi connectivity index (χ1) is 13.4. The van der Waals surface area contributed by atoms with E-state index in [4.69, 9.17) is 4.74 Å². The maximum Gasteiger partial charge on any atom is 0.233 e. The lowest BCUT2D eigenvalue weighted by molar-refractivity contribution is -0.123. The molecule has 1 amide bonds. The molecular weight excluding hydrogens is 398 g/mol. The minimum Gasteiger partial charge on any atom is -0.376 e. The van der Waals surface area contributed by atoms with Gasteiger partial charge in [-0.1, -0.05) is 23.5 Å². The Bertz CT molecular complexity index is 920. The molecule has 2 aromatic rings. The second-order valence-electron chi connectivity index (χ2n) is 7.51. The summed E-state index contributed by atoms with van der Waals surface area (Å²) in [6.07, 6.45) is 4.52. The van der Waals surface area contributed by atoms with Crippen LogP contribution < -0.4 is 4.90 Å². The van der Waals surface area contributed by atoms with Gasteiger partial charge in [0.15, 0.2) is 5.13 Å². The van der Waals surface area contributed by atoms with Crippen LogP contribution in [0.5, 0.6) is 0 Å². The smallest absolute Gasteiger partial charge is 0.233 e. The maximum atomic E-state index is 13.5. The van der Waals surface area contributed by atoms with Crippen molar-refractivity contribution in [2.45, 2.75) is 31.8 Å². The van der Waals surface area contributed by atoms with Crippen molar-refractivity contribution in [3.63, 3.8) is 0 Å². The van der Waals surface area contributed by atoms with Crippen molar-refractivity contribution in [1.82, 2.24) is 9.29 Å². The molecule has 0 aliphatic carbocycles. The first kappa shape index (κ1) is 19.8. The van der Waals surface area contributed by atoms with Crippen LogP contribution in [0.1, 0.15) is 25.7 Å². The Balaban J connectivity index is 1.61. The minimum atomic E-state index is -3.30. The zero-order valence-electron chi connectivity index (χ0n) is 15.9. The molecule has 3 heterocycles. The number of fused-ring (bicyclic) bond motifs is 1. The fraction of sp³-hybridized carbons (Fsp3) is 0.579. The van der Waals surface area contributed by atoms with E-state index in [0.29, 0.717) is 31.1 Å². The molecule has 2 saturated heterocycles. The fourth-order valence-electron chi connectivity index (χ4n) is 3.90. The van der Waals surface area contributed by atoms with E-state index in [9.17, 15) is 13.2 Å². The maximum absolute atomic E-state index is 13.5. The molecule has 2 fully saturated rings. The van der Waals surface area contributed by atoms with Gasteiger partial charge in [-0.15, -0.1) is 0 Å². The number of thiazole rings is 1. The van der Waals surface area contributed by atoms with E-state index in [0.717, 1.165) is 29.7 Å². The van der Waals surface area contributed by atoms with Gasteiger partial charge in [0.1, 0.15) is 0 Å². The first-order valence-corrected chi connectivity index (χ1v) is 12.3.